The SMILES string of the molecule is CCC(NC1CCN(C(=O)OC(C)(C)C)C2(CCC2)C1)C(C)C. The van der Waals surface area contributed by atoms with Crippen LogP contribution in [-0.4, -0.2) is 40.8 Å². The molecule has 4 nitrogen and oxygen atoms in total. The lowest BCUT2D eigenvalue weighted by atomic mass is 9.69. The molecule has 1 amide bonds. The summed E-state index contributed by atoms with van der Waals surface area (Å²) in [6.07, 6.45) is 6.64. The average molecular weight is 325 g/mol. The van der Waals surface area contributed by atoms with Gasteiger partial charge in [-0.2, -0.15) is 0 Å². The Kier molecular flexibility index (Phi) is 5.65. The van der Waals surface area contributed by atoms with Crippen LogP contribution in [0.5, 0.6) is 0 Å². The molecule has 2 fully saturated rings. The van der Waals surface area contributed by atoms with E-state index in [2.05, 4.69) is 26.1 Å². The molecule has 1 spiro atoms. The first-order valence-corrected chi connectivity index (χ1v) is 9.43. The summed E-state index contributed by atoms with van der Waals surface area (Å²) in [4.78, 5) is 14.6. The first kappa shape index (κ1) is 18.6. The van der Waals surface area contributed by atoms with Crippen molar-refractivity contribution in [3.8, 4) is 0 Å². The van der Waals surface area contributed by atoms with Gasteiger partial charge in [0.25, 0.3) is 0 Å². The number of ether oxygens (including phenoxy) is 1. The van der Waals surface area contributed by atoms with Gasteiger partial charge < -0.3 is 15.0 Å². The van der Waals surface area contributed by atoms with Crippen LogP contribution in [0, 0.1) is 5.92 Å². The van der Waals surface area contributed by atoms with Gasteiger partial charge in [-0.3, -0.25) is 0 Å². The summed E-state index contributed by atoms with van der Waals surface area (Å²) >= 11 is 0. The maximum Gasteiger partial charge on any atom is 0.410 e. The van der Waals surface area contributed by atoms with Crippen molar-refractivity contribution >= 4 is 6.09 Å². The molecule has 4 heteroatoms. The molecule has 0 bridgehead atoms. The van der Waals surface area contributed by atoms with E-state index in [0.29, 0.717) is 18.0 Å². The van der Waals surface area contributed by atoms with Crippen LogP contribution in [0.25, 0.3) is 0 Å². The highest BCUT2D eigenvalue weighted by atomic mass is 16.6. The molecule has 1 N–H and O–H groups in total. The van der Waals surface area contributed by atoms with Crippen molar-refractivity contribution in [2.75, 3.05) is 6.54 Å². The van der Waals surface area contributed by atoms with Gasteiger partial charge in [0.2, 0.25) is 0 Å². The third-order valence-electron chi connectivity index (χ3n) is 5.49. The fourth-order valence-electron chi connectivity index (χ4n) is 4.08. The summed E-state index contributed by atoms with van der Waals surface area (Å²) in [5.74, 6) is 0.654. The van der Waals surface area contributed by atoms with Crippen LogP contribution in [-0.2, 0) is 4.74 Å². The van der Waals surface area contributed by atoms with E-state index in [1.165, 1.54) is 6.42 Å². The van der Waals surface area contributed by atoms with Gasteiger partial charge in [0.05, 0.1) is 0 Å². The van der Waals surface area contributed by atoms with Crippen LogP contribution < -0.4 is 5.32 Å². The zero-order chi connectivity index (χ0) is 17.3. The van der Waals surface area contributed by atoms with Crippen molar-refractivity contribution in [1.29, 1.82) is 0 Å². The van der Waals surface area contributed by atoms with E-state index >= 15 is 0 Å². The maximum absolute atomic E-state index is 12.6. The fraction of sp³-hybridized carbons (Fsp3) is 0.947. The Hall–Kier alpha value is -0.770. The van der Waals surface area contributed by atoms with Crippen LogP contribution in [0.3, 0.4) is 0 Å². The normalized spacial score (nSPS) is 25.3. The molecule has 1 heterocycles. The Morgan fingerprint density at radius 2 is 2.00 bits per heavy atom. The number of carbonyl (C=O) groups excluding carboxylic acids is 1. The minimum absolute atomic E-state index is 0.0491. The van der Waals surface area contributed by atoms with Gasteiger partial charge >= 0.3 is 6.09 Å². The lowest BCUT2D eigenvalue weighted by Gasteiger charge is -2.55. The van der Waals surface area contributed by atoms with E-state index in [4.69, 9.17) is 4.74 Å². The second kappa shape index (κ2) is 7.00. The van der Waals surface area contributed by atoms with Crippen molar-refractivity contribution < 1.29 is 9.53 Å². The standard InChI is InChI=1S/C19H36N2O2/c1-7-16(14(2)3)20-15-9-12-21(17(22)23-18(4,5)6)19(13-15)10-8-11-19/h14-16,20H,7-13H2,1-6H3. The second-order valence-electron chi connectivity index (χ2n) is 8.83. The molecular formula is C19H36N2O2. The molecule has 2 atom stereocenters. The minimum Gasteiger partial charge on any atom is -0.444 e. The van der Waals surface area contributed by atoms with Crippen LogP contribution in [0.4, 0.5) is 4.79 Å². The van der Waals surface area contributed by atoms with Crippen LogP contribution in [0.1, 0.15) is 80.1 Å². The predicted molar refractivity (Wildman–Crippen MR) is 94.6 cm³/mol. The summed E-state index contributed by atoms with van der Waals surface area (Å²) in [7, 11) is 0. The Balaban J connectivity index is 2.01. The van der Waals surface area contributed by atoms with E-state index in [1.54, 1.807) is 0 Å². The van der Waals surface area contributed by atoms with Gasteiger partial charge in [0, 0.05) is 24.2 Å². The summed E-state index contributed by atoms with van der Waals surface area (Å²) in [6.45, 7) is 13.5. The number of carbonyl (C=O) groups is 1. The minimum atomic E-state index is -0.415. The molecule has 23 heavy (non-hydrogen) atoms. The van der Waals surface area contributed by atoms with Crippen molar-refractivity contribution in [3.05, 3.63) is 0 Å². The van der Waals surface area contributed by atoms with E-state index in [9.17, 15) is 4.79 Å². The summed E-state index contributed by atoms with van der Waals surface area (Å²) in [6, 6.07) is 1.10. The monoisotopic (exact) mass is 324 g/mol. The van der Waals surface area contributed by atoms with Crippen molar-refractivity contribution in [1.82, 2.24) is 10.2 Å². The third kappa shape index (κ3) is 4.40. The second-order valence-corrected chi connectivity index (χ2v) is 8.83. The number of likely N-dealkylation sites (tertiary alicyclic amines) is 1. The molecule has 0 aromatic carbocycles. The molecule has 2 rings (SSSR count). The topological polar surface area (TPSA) is 41.6 Å². The number of amides is 1. The van der Waals surface area contributed by atoms with E-state index in [-0.39, 0.29) is 11.6 Å². The number of nitrogens with zero attached hydrogens (tertiary/aromatic N) is 1. The first-order chi connectivity index (χ1) is 10.7. The number of rotatable bonds is 4. The smallest absolute Gasteiger partial charge is 0.410 e. The molecule has 1 saturated heterocycles. The molecule has 0 aromatic heterocycles. The molecule has 1 aliphatic carbocycles. The predicted octanol–water partition coefficient (Wildman–Crippen LogP) is 4.33. The van der Waals surface area contributed by atoms with Crippen LogP contribution >= 0.6 is 0 Å². The van der Waals surface area contributed by atoms with Crippen molar-refractivity contribution in [2.24, 2.45) is 5.92 Å². The van der Waals surface area contributed by atoms with Gasteiger partial charge in [-0.25, -0.2) is 4.79 Å². The van der Waals surface area contributed by atoms with Gasteiger partial charge in [-0.1, -0.05) is 20.8 Å². The van der Waals surface area contributed by atoms with Gasteiger partial charge in [0.1, 0.15) is 5.60 Å². The number of nitrogens with one attached hydrogen (secondary N) is 1. The van der Waals surface area contributed by atoms with E-state index in [1.807, 2.05) is 25.7 Å². The number of hydrogen-bond acceptors (Lipinski definition) is 3. The number of piperidine rings is 1. The molecule has 2 aliphatic rings. The molecule has 1 saturated carbocycles. The van der Waals surface area contributed by atoms with Crippen LogP contribution in [0.2, 0.25) is 0 Å². The van der Waals surface area contributed by atoms with Crippen molar-refractivity contribution in [3.63, 3.8) is 0 Å². The number of hydrogen-bond donors (Lipinski definition) is 1. The molecule has 2 unspecified atom stereocenters. The summed E-state index contributed by atoms with van der Waals surface area (Å²) in [5.41, 5.74) is -0.365. The first-order valence-electron chi connectivity index (χ1n) is 9.43. The van der Waals surface area contributed by atoms with Gasteiger partial charge in [-0.15, -0.1) is 0 Å². The van der Waals surface area contributed by atoms with E-state index in [0.717, 1.165) is 38.6 Å². The lowest BCUT2D eigenvalue weighted by Crippen LogP contribution is -2.64. The van der Waals surface area contributed by atoms with Gasteiger partial charge in [-0.05, 0) is 65.2 Å². The zero-order valence-electron chi connectivity index (χ0n) is 15.9. The lowest BCUT2D eigenvalue weighted by molar-refractivity contribution is -0.0505. The van der Waals surface area contributed by atoms with Crippen LogP contribution in [0.15, 0.2) is 0 Å². The Morgan fingerprint density at radius 1 is 1.35 bits per heavy atom. The highest BCUT2D eigenvalue weighted by molar-refractivity contribution is 5.69. The van der Waals surface area contributed by atoms with E-state index < -0.39 is 5.60 Å². The van der Waals surface area contributed by atoms with Gasteiger partial charge in [0.15, 0.2) is 0 Å². The largest absolute Gasteiger partial charge is 0.444 e. The Bertz CT molecular complexity index is 410. The third-order valence-corrected chi connectivity index (χ3v) is 5.49. The molecule has 0 radical (unpaired) electrons. The average Bonchev–Trinajstić information content (AvgIpc) is 2.40. The highest BCUT2D eigenvalue weighted by Gasteiger charge is 2.49. The maximum atomic E-state index is 12.6. The summed E-state index contributed by atoms with van der Waals surface area (Å²) in [5, 5.41) is 3.86. The Labute approximate surface area is 142 Å². The molecule has 0 aromatic rings. The summed E-state index contributed by atoms with van der Waals surface area (Å²) < 4.78 is 5.65. The molecular weight excluding hydrogens is 288 g/mol. The molecule has 134 valence electrons. The van der Waals surface area contributed by atoms with Crippen molar-refractivity contribution in [2.45, 2.75) is 103 Å². The molecule has 1 aliphatic heterocycles. The fourth-order valence-corrected chi connectivity index (χ4v) is 4.08. The Morgan fingerprint density at radius 3 is 2.43 bits per heavy atom. The quantitative estimate of drug-likeness (QED) is 0.836. The highest BCUT2D eigenvalue weighted by Crippen LogP contribution is 2.45. The zero-order valence-corrected chi connectivity index (χ0v) is 15.9.